The number of nitrogens with two attached hydrogens (primary N) is 2. The summed E-state index contributed by atoms with van der Waals surface area (Å²) in [5.41, 5.74) is 25.3. The van der Waals surface area contributed by atoms with Gasteiger partial charge < -0.3 is 11.5 Å². The second kappa shape index (κ2) is 21.5. The number of hydrogen-bond acceptors (Lipinski definition) is 2. The van der Waals surface area contributed by atoms with E-state index in [0.29, 0.717) is 0 Å². The summed E-state index contributed by atoms with van der Waals surface area (Å²) in [7, 11) is 0. The van der Waals surface area contributed by atoms with Gasteiger partial charge in [-0.25, -0.2) is 0 Å². The van der Waals surface area contributed by atoms with Crippen LogP contribution in [0.5, 0.6) is 0 Å². The molecule has 4 aromatic rings. The number of anilines is 2. The van der Waals surface area contributed by atoms with E-state index in [1.165, 1.54) is 149 Å². The van der Waals surface area contributed by atoms with E-state index in [2.05, 4.69) is 74.5 Å². The maximum absolute atomic E-state index is 5.91. The molecule has 0 radical (unpaired) electrons. The zero-order chi connectivity index (χ0) is 33.8. The first-order chi connectivity index (χ1) is 23.5. The van der Waals surface area contributed by atoms with Gasteiger partial charge in [0.05, 0.1) is 0 Å². The highest BCUT2D eigenvalue weighted by molar-refractivity contribution is 5.43. The third-order valence-corrected chi connectivity index (χ3v) is 10.1. The Morgan fingerprint density at radius 2 is 0.667 bits per heavy atom. The fourth-order valence-corrected chi connectivity index (χ4v) is 7.04. The Morgan fingerprint density at radius 1 is 0.333 bits per heavy atom. The topological polar surface area (TPSA) is 52.0 Å². The minimum absolute atomic E-state index is 0.840. The lowest BCUT2D eigenvalue weighted by Crippen LogP contribution is -1.99. The zero-order valence-electron chi connectivity index (χ0n) is 30.4. The average Bonchev–Trinajstić information content (AvgIpc) is 3.09. The normalized spacial score (nSPS) is 11.3. The van der Waals surface area contributed by atoms with Crippen LogP contribution in [0.1, 0.15) is 148 Å². The maximum atomic E-state index is 5.91. The molecule has 0 bridgehead atoms. The summed E-state index contributed by atoms with van der Waals surface area (Å²) in [5.74, 6) is 0. The van der Waals surface area contributed by atoms with E-state index in [0.717, 1.165) is 24.2 Å². The molecular formula is C46H64N2. The van der Waals surface area contributed by atoms with Crippen molar-refractivity contribution >= 4 is 11.4 Å². The molecule has 0 amide bonds. The smallest absolute Gasteiger partial charge is 0.0314 e. The molecule has 258 valence electrons. The van der Waals surface area contributed by atoms with Gasteiger partial charge in [-0.15, -0.1) is 0 Å². The summed E-state index contributed by atoms with van der Waals surface area (Å²) < 4.78 is 0. The minimum Gasteiger partial charge on any atom is -0.399 e. The lowest BCUT2D eigenvalue weighted by molar-refractivity contribution is 0.567. The summed E-state index contributed by atoms with van der Waals surface area (Å²) in [6.45, 7) is 4.59. The predicted molar refractivity (Wildman–Crippen MR) is 211 cm³/mol. The molecule has 0 aromatic heterocycles. The monoisotopic (exact) mass is 645 g/mol. The van der Waals surface area contributed by atoms with E-state index >= 15 is 0 Å². The Kier molecular flexibility index (Phi) is 16.7. The molecule has 0 unspecified atom stereocenters. The molecule has 0 fully saturated rings. The number of nitrogen functional groups attached to an aromatic ring is 2. The number of unbranched alkanes of at least 4 members (excludes halogenated alkanes) is 11. The van der Waals surface area contributed by atoms with Crippen LogP contribution >= 0.6 is 0 Å². The van der Waals surface area contributed by atoms with Crippen LogP contribution in [0.15, 0.2) is 84.9 Å². The van der Waals surface area contributed by atoms with Gasteiger partial charge in [0.25, 0.3) is 0 Å². The van der Waals surface area contributed by atoms with E-state index in [9.17, 15) is 0 Å². The number of aryl methyl sites for hydroxylation is 4. The van der Waals surface area contributed by atoms with Gasteiger partial charge in [0.15, 0.2) is 0 Å². The fourth-order valence-electron chi connectivity index (χ4n) is 7.04. The Hall–Kier alpha value is -3.52. The third-order valence-electron chi connectivity index (χ3n) is 10.1. The van der Waals surface area contributed by atoms with Crippen molar-refractivity contribution in [3.63, 3.8) is 0 Å². The van der Waals surface area contributed by atoms with Crippen LogP contribution in [0.3, 0.4) is 0 Å². The summed E-state index contributed by atoms with van der Waals surface area (Å²) in [4.78, 5) is 0. The van der Waals surface area contributed by atoms with Crippen LogP contribution in [0, 0.1) is 0 Å². The van der Waals surface area contributed by atoms with E-state index in [1.54, 1.807) is 11.1 Å². The SMILES string of the molecule is CCCCCc1cc(CCCCCCCCCCc2ccc(Cc3ccc(N)cc3)c(CCCCC)c2)ccc1Cc1ccc(N)cc1. The van der Waals surface area contributed by atoms with E-state index in [4.69, 9.17) is 11.5 Å². The summed E-state index contributed by atoms with van der Waals surface area (Å²) >= 11 is 0. The Morgan fingerprint density at radius 3 is 1.04 bits per heavy atom. The van der Waals surface area contributed by atoms with Crippen molar-refractivity contribution in [1.29, 1.82) is 0 Å². The van der Waals surface area contributed by atoms with Gasteiger partial charge >= 0.3 is 0 Å². The van der Waals surface area contributed by atoms with Crippen molar-refractivity contribution in [3.05, 3.63) is 129 Å². The molecule has 0 saturated carbocycles. The summed E-state index contributed by atoms with van der Waals surface area (Å²) in [6, 6.07) is 31.4. The number of hydrogen-bond donors (Lipinski definition) is 2. The summed E-state index contributed by atoms with van der Waals surface area (Å²) in [6.07, 6.45) is 25.4. The van der Waals surface area contributed by atoms with Crippen LogP contribution in [0.2, 0.25) is 0 Å². The molecule has 4 rings (SSSR count). The Balaban J connectivity index is 1.13. The maximum Gasteiger partial charge on any atom is 0.0314 e. The van der Waals surface area contributed by atoms with Gasteiger partial charge in [-0.2, -0.15) is 0 Å². The molecule has 0 heterocycles. The largest absolute Gasteiger partial charge is 0.399 e. The first-order valence-corrected chi connectivity index (χ1v) is 19.4. The van der Waals surface area contributed by atoms with E-state index in [1.807, 2.05) is 24.3 Å². The predicted octanol–water partition coefficient (Wildman–Crippen LogP) is 12.4. The van der Waals surface area contributed by atoms with E-state index < -0.39 is 0 Å². The second-order valence-corrected chi connectivity index (χ2v) is 14.3. The molecule has 0 spiro atoms. The molecule has 4 N–H and O–H groups in total. The molecule has 2 nitrogen and oxygen atoms in total. The van der Waals surface area contributed by atoms with Crippen LogP contribution in [0.4, 0.5) is 11.4 Å². The van der Waals surface area contributed by atoms with Crippen LogP contribution in [-0.4, -0.2) is 0 Å². The zero-order valence-corrected chi connectivity index (χ0v) is 30.4. The van der Waals surface area contributed by atoms with Crippen LogP contribution < -0.4 is 11.5 Å². The molecule has 0 saturated heterocycles. The minimum atomic E-state index is 0.840. The van der Waals surface area contributed by atoms with Crippen molar-refractivity contribution in [3.8, 4) is 0 Å². The van der Waals surface area contributed by atoms with Crippen molar-refractivity contribution < 1.29 is 0 Å². The van der Waals surface area contributed by atoms with Gasteiger partial charge in [0.1, 0.15) is 0 Å². The fraction of sp³-hybridized carbons (Fsp3) is 0.478. The Bertz CT molecular complexity index is 1340. The van der Waals surface area contributed by atoms with Crippen molar-refractivity contribution in [2.45, 2.75) is 142 Å². The van der Waals surface area contributed by atoms with Crippen LogP contribution in [-0.2, 0) is 38.5 Å². The molecule has 48 heavy (non-hydrogen) atoms. The standard InChI is InChI=1S/C46H64N2/c1-3-5-13-19-41-33-37(21-27-43(41)35-39-23-29-45(47)30-24-39)17-15-11-9-7-8-10-12-16-18-38-22-28-44(42(34-38)20-14-6-4-2)36-40-25-31-46(48)32-26-40/h21-34H,3-20,35-36,47-48H2,1-2H3. The Labute approximate surface area is 293 Å². The highest BCUT2D eigenvalue weighted by Gasteiger charge is 2.08. The van der Waals surface area contributed by atoms with Crippen LogP contribution in [0.25, 0.3) is 0 Å². The van der Waals surface area contributed by atoms with E-state index in [-0.39, 0.29) is 0 Å². The van der Waals surface area contributed by atoms with Gasteiger partial charge in [-0.1, -0.05) is 139 Å². The number of benzene rings is 4. The van der Waals surface area contributed by atoms with Crippen molar-refractivity contribution in [1.82, 2.24) is 0 Å². The molecule has 4 aromatic carbocycles. The van der Waals surface area contributed by atoms with Gasteiger partial charge in [0.2, 0.25) is 0 Å². The van der Waals surface area contributed by atoms with Gasteiger partial charge in [-0.05, 0) is 133 Å². The molecule has 0 aliphatic heterocycles. The molecule has 2 heteroatoms. The lowest BCUT2D eigenvalue weighted by Gasteiger charge is -2.13. The van der Waals surface area contributed by atoms with Gasteiger partial charge in [-0.3, -0.25) is 0 Å². The van der Waals surface area contributed by atoms with Gasteiger partial charge in [0, 0.05) is 11.4 Å². The highest BCUT2D eigenvalue weighted by Crippen LogP contribution is 2.23. The third kappa shape index (κ3) is 13.5. The lowest BCUT2D eigenvalue weighted by atomic mass is 9.92. The first-order valence-electron chi connectivity index (χ1n) is 19.4. The van der Waals surface area contributed by atoms with Crippen molar-refractivity contribution in [2.75, 3.05) is 11.5 Å². The number of rotatable bonds is 23. The molecule has 0 aliphatic rings. The van der Waals surface area contributed by atoms with Crippen molar-refractivity contribution in [2.24, 2.45) is 0 Å². The summed E-state index contributed by atoms with van der Waals surface area (Å²) in [5, 5.41) is 0. The first kappa shape index (κ1) is 37.3. The quantitative estimate of drug-likeness (QED) is 0.0623. The molecular weight excluding hydrogens is 581 g/mol. The second-order valence-electron chi connectivity index (χ2n) is 14.3. The average molecular weight is 645 g/mol. The molecule has 0 atom stereocenters. The molecule has 0 aliphatic carbocycles. The highest BCUT2D eigenvalue weighted by atomic mass is 14.5.